The molecule has 0 aromatic heterocycles. The number of benzene rings is 1. The van der Waals surface area contributed by atoms with Gasteiger partial charge in [0.2, 0.25) is 0 Å². The van der Waals surface area contributed by atoms with E-state index >= 15 is 0 Å². The molecule has 0 amide bonds. The van der Waals surface area contributed by atoms with E-state index in [4.69, 9.17) is 5.73 Å². The van der Waals surface area contributed by atoms with Crippen molar-refractivity contribution in [2.24, 2.45) is 5.73 Å². The van der Waals surface area contributed by atoms with Crippen molar-refractivity contribution in [3.8, 4) is 0 Å². The summed E-state index contributed by atoms with van der Waals surface area (Å²) in [5, 5.41) is 10.5. The number of hydrogen-bond donors (Lipinski definition) is 1. The van der Waals surface area contributed by atoms with Crippen molar-refractivity contribution < 1.29 is 9.72 Å². The first-order chi connectivity index (χ1) is 9.06. The number of non-ortho nitro benzene ring substituents is 1. The van der Waals surface area contributed by atoms with Gasteiger partial charge in [-0.2, -0.15) is 0 Å². The Hall–Kier alpha value is -1.79. The molecule has 1 saturated heterocycles. The first kappa shape index (κ1) is 13.6. The summed E-state index contributed by atoms with van der Waals surface area (Å²) < 4.78 is 0. The van der Waals surface area contributed by atoms with Crippen molar-refractivity contribution in [3.05, 3.63) is 39.9 Å². The van der Waals surface area contributed by atoms with Crippen LogP contribution in [-0.2, 0) is 0 Å². The first-order valence-corrected chi connectivity index (χ1v) is 6.32. The van der Waals surface area contributed by atoms with Crippen molar-refractivity contribution in [2.75, 3.05) is 19.6 Å². The van der Waals surface area contributed by atoms with E-state index in [9.17, 15) is 14.9 Å². The summed E-state index contributed by atoms with van der Waals surface area (Å²) in [5.74, 6) is -0.00892. The summed E-state index contributed by atoms with van der Waals surface area (Å²) in [7, 11) is 0. The SMILES string of the molecule is NC1CCN(CC(=O)c2ccc([N+](=O)[O-])cc2)CC1. The van der Waals surface area contributed by atoms with Gasteiger partial charge in [-0.05, 0) is 25.0 Å². The fourth-order valence-electron chi connectivity index (χ4n) is 2.17. The molecule has 1 heterocycles. The van der Waals surface area contributed by atoms with Gasteiger partial charge < -0.3 is 5.73 Å². The van der Waals surface area contributed by atoms with Gasteiger partial charge in [-0.15, -0.1) is 0 Å². The Morgan fingerprint density at radius 1 is 1.32 bits per heavy atom. The van der Waals surface area contributed by atoms with Gasteiger partial charge in [0.25, 0.3) is 5.69 Å². The summed E-state index contributed by atoms with van der Waals surface area (Å²) in [6, 6.07) is 5.98. The lowest BCUT2D eigenvalue weighted by molar-refractivity contribution is -0.384. The average Bonchev–Trinajstić information content (AvgIpc) is 2.41. The Morgan fingerprint density at radius 2 is 1.89 bits per heavy atom. The minimum atomic E-state index is -0.472. The highest BCUT2D eigenvalue weighted by Gasteiger charge is 2.19. The van der Waals surface area contributed by atoms with Crippen LogP contribution in [0.5, 0.6) is 0 Å². The normalized spacial score (nSPS) is 17.3. The van der Waals surface area contributed by atoms with E-state index in [1.165, 1.54) is 24.3 Å². The van der Waals surface area contributed by atoms with Crippen molar-refractivity contribution >= 4 is 11.5 Å². The number of nitro benzene ring substituents is 1. The first-order valence-electron chi connectivity index (χ1n) is 6.32. The second kappa shape index (κ2) is 5.90. The van der Waals surface area contributed by atoms with Gasteiger partial charge in [-0.3, -0.25) is 19.8 Å². The summed E-state index contributed by atoms with van der Waals surface area (Å²) in [6.45, 7) is 2.02. The van der Waals surface area contributed by atoms with Gasteiger partial charge in [0.05, 0.1) is 11.5 Å². The number of nitro groups is 1. The van der Waals surface area contributed by atoms with E-state index in [2.05, 4.69) is 4.90 Å². The van der Waals surface area contributed by atoms with Crippen LogP contribution in [0.1, 0.15) is 23.2 Å². The zero-order valence-electron chi connectivity index (χ0n) is 10.6. The van der Waals surface area contributed by atoms with Gasteiger partial charge in [0.1, 0.15) is 0 Å². The van der Waals surface area contributed by atoms with Gasteiger partial charge in [-0.25, -0.2) is 0 Å². The van der Waals surface area contributed by atoms with Crippen LogP contribution in [0.25, 0.3) is 0 Å². The van der Waals surface area contributed by atoms with E-state index in [1.54, 1.807) is 0 Å². The largest absolute Gasteiger partial charge is 0.328 e. The molecule has 2 N–H and O–H groups in total. The maximum atomic E-state index is 12.0. The number of nitrogens with two attached hydrogens (primary N) is 1. The highest BCUT2D eigenvalue weighted by molar-refractivity contribution is 5.97. The Labute approximate surface area is 111 Å². The number of carbonyl (C=O) groups excluding carboxylic acids is 1. The predicted molar refractivity (Wildman–Crippen MR) is 71.1 cm³/mol. The summed E-state index contributed by atoms with van der Waals surface area (Å²) in [4.78, 5) is 24.2. The lowest BCUT2D eigenvalue weighted by Gasteiger charge is -2.29. The van der Waals surface area contributed by atoms with Crippen LogP contribution in [0.4, 0.5) is 5.69 Å². The molecule has 0 radical (unpaired) electrons. The van der Waals surface area contributed by atoms with E-state index in [0.717, 1.165) is 25.9 Å². The average molecular weight is 263 g/mol. The fraction of sp³-hybridized carbons (Fsp3) is 0.462. The molecule has 6 nitrogen and oxygen atoms in total. The minimum absolute atomic E-state index is 0.000459. The van der Waals surface area contributed by atoms with Crippen molar-refractivity contribution in [1.29, 1.82) is 0 Å². The van der Waals surface area contributed by atoms with E-state index in [0.29, 0.717) is 12.1 Å². The van der Waals surface area contributed by atoms with Crippen LogP contribution < -0.4 is 5.73 Å². The number of ketones is 1. The van der Waals surface area contributed by atoms with Gasteiger partial charge in [0, 0.05) is 36.8 Å². The quantitative estimate of drug-likeness (QED) is 0.501. The number of nitrogens with zero attached hydrogens (tertiary/aromatic N) is 2. The molecule has 0 unspecified atom stereocenters. The zero-order chi connectivity index (χ0) is 13.8. The molecular formula is C13H17N3O3. The van der Waals surface area contributed by atoms with Crippen molar-refractivity contribution in [1.82, 2.24) is 4.90 Å². The summed E-state index contributed by atoms with van der Waals surface area (Å²) in [6.07, 6.45) is 1.82. The van der Waals surface area contributed by atoms with E-state index < -0.39 is 4.92 Å². The van der Waals surface area contributed by atoms with Crippen LogP contribution >= 0.6 is 0 Å². The number of hydrogen-bond acceptors (Lipinski definition) is 5. The Bertz CT molecular complexity index is 465. The molecule has 0 bridgehead atoms. The summed E-state index contributed by atoms with van der Waals surface area (Å²) >= 11 is 0. The third-order valence-corrected chi connectivity index (χ3v) is 3.40. The number of piperidine rings is 1. The van der Waals surface area contributed by atoms with Crippen LogP contribution in [0, 0.1) is 10.1 Å². The predicted octanol–water partition coefficient (Wildman–Crippen LogP) is 1.20. The Morgan fingerprint density at radius 3 is 2.42 bits per heavy atom. The standard InChI is InChI=1S/C13H17N3O3/c14-11-5-7-15(8-6-11)9-13(17)10-1-3-12(4-2-10)16(18)19/h1-4,11H,5-9,14H2. The lowest BCUT2D eigenvalue weighted by Crippen LogP contribution is -2.41. The molecule has 0 atom stereocenters. The van der Waals surface area contributed by atoms with Gasteiger partial charge in [-0.1, -0.05) is 0 Å². The molecule has 1 fully saturated rings. The maximum absolute atomic E-state index is 12.0. The molecule has 6 heteroatoms. The maximum Gasteiger partial charge on any atom is 0.269 e. The Balaban J connectivity index is 1.94. The smallest absolute Gasteiger partial charge is 0.269 e. The zero-order valence-corrected chi connectivity index (χ0v) is 10.6. The van der Waals surface area contributed by atoms with Crippen LogP contribution in [0.15, 0.2) is 24.3 Å². The van der Waals surface area contributed by atoms with Gasteiger partial charge in [0.15, 0.2) is 5.78 Å². The molecule has 0 aliphatic carbocycles. The van der Waals surface area contributed by atoms with Gasteiger partial charge >= 0.3 is 0 Å². The highest BCUT2D eigenvalue weighted by Crippen LogP contribution is 2.14. The molecule has 1 aliphatic heterocycles. The highest BCUT2D eigenvalue weighted by atomic mass is 16.6. The number of likely N-dealkylation sites (tertiary alicyclic amines) is 1. The van der Waals surface area contributed by atoms with E-state index in [1.807, 2.05) is 0 Å². The molecule has 19 heavy (non-hydrogen) atoms. The van der Waals surface area contributed by atoms with Crippen molar-refractivity contribution in [3.63, 3.8) is 0 Å². The van der Waals surface area contributed by atoms with E-state index in [-0.39, 0.29) is 17.5 Å². The number of rotatable bonds is 4. The van der Waals surface area contributed by atoms with Crippen LogP contribution in [0.2, 0.25) is 0 Å². The van der Waals surface area contributed by atoms with Crippen LogP contribution in [-0.4, -0.2) is 41.3 Å². The third kappa shape index (κ3) is 3.59. The second-order valence-electron chi connectivity index (χ2n) is 4.84. The second-order valence-corrected chi connectivity index (χ2v) is 4.84. The third-order valence-electron chi connectivity index (χ3n) is 3.40. The molecule has 1 aromatic rings. The Kier molecular flexibility index (Phi) is 4.24. The lowest BCUT2D eigenvalue weighted by atomic mass is 10.0. The molecular weight excluding hydrogens is 246 g/mol. The molecule has 0 spiro atoms. The molecule has 1 aromatic carbocycles. The molecule has 0 saturated carbocycles. The fourth-order valence-corrected chi connectivity index (χ4v) is 2.17. The number of carbonyl (C=O) groups is 1. The number of Topliss-reactive ketones (excluding diaryl/α,β-unsaturated/α-hetero) is 1. The summed E-state index contributed by atoms with van der Waals surface area (Å²) in [5.41, 5.74) is 6.32. The minimum Gasteiger partial charge on any atom is -0.328 e. The molecule has 102 valence electrons. The monoisotopic (exact) mass is 263 g/mol. The van der Waals surface area contributed by atoms with Crippen molar-refractivity contribution in [2.45, 2.75) is 18.9 Å². The molecule has 1 aliphatic rings. The topological polar surface area (TPSA) is 89.5 Å². The molecule has 2 rings (SSSR count). The van der Waals surface area contributed by atoms with Crippen LogP contribution in [0.3, 0.4) is 0 Å².